The molecule has 0 bridgehead atoms. The fourth-order valence-corrected chi connectivity index (χ4v) is 4.25. The number of nitrogens with one attached hydrogen (secondary N) is 1. The van der Waals surface area contributed by atoms with Crippen LogP contribution >= 0.6 is 34.4 Å². The smallest absolute Gasteiger partial charge is 0.267 e. The number of benzene rings is 1. The molecule has 0 atom stereocenters. The van der Waals surface area contributed by atoms with Crippen molar-refractivity contribution >= 4 is 45.5 Å². The van der Waals surface area contributed by atoms with Gasteiger partial charge in [-0.25, -0.2) is 4.39 Å². The maximum Gasteiger partial charge on any atom is 0.267 e. The fraction of sp³-hybridized carbons (Fsp3) is 0.133. The summed E-state index contributed by atoms with van der Waals surface area (Å²) in [4.78, 5) is 12.7. The summed E-state index contributed by atoms with van der Waals surface area (Å²) in [6.07, 6.45) is 0. The van der Waals surface area contributed by atoms with E-state index in [0.29, 0.717) is 15.8 Å². The summed E-state index contributed by atoms with van der Waals surface area (Å²) in [5.74, 6) is 0.255. The summed E-state index contributed by atoms with van der Waals surface area (Å²) < 4.78 is 13.6. The molecule has 2 heterocycles. The van der Waals surface area contributed by atoms with Crippen LogP contribution in [0.2, 0.25) is 0 Å². The Morgan fingerprint density at radius 2 is 2.09 bits per heavy atom. The van der Waals surface area contributed by atoms with Crippen molar-refractivity contribution in [3.8, 4) is 0 Å². The van der Waals surface area contributed by atoms with Crippen LogP contribution in [0.1, 0.15) is 20.8 Å². The van der Waals surface area contributed by atoms with Gasteiger partial charge in [0.25, 0.3) is 5.91 Å². The highest BCUT2D eigenvalue weighted by molar-refractivity contribution is 8.00. The lowest BCUT2D eigenvalue weighted by molar-refractivity contribution is 0.103. The average molecular weight is 365 g/mol. The van der Waals surface area contributed by atoms with Crippen LogP contribution in [0, 0.1) is 12.7 Å². The number of thiophene rings is 1. The molecule has 0 fully saturated rings. The third-order valence-electron chi connectivity index (χ3n) is 2.86. The first-order valence-corrected chi connectivity index (χ1v) is 9.35. The lowest BCUT2D eigenvalue weighted by atomic mass is 10.2. The first-order valence-electron chi connectivity index (χ1n) is 6.67. The van der Waals surface area contributed by atoms with Gasteiger partial charge in [-0.15, -0.1) is 21.5 Å². The number of hydrogen-bond acceptors (Lipinski definition) is 6. The van der Waals surface area contributed by atoms with Crippen molar-refractivity contribution < 1.29 is 9.18 Å². The van der Waals surface area contributed by atoms with Crippen molar-refractivity contribution in [2.24, 2.45) is 0 Å². The van der Waals surface area contributed by atoms with Gasteiger partial charge < -0.3 is 0 Å². The largest absolute Gasteiger partial charge is 0.296 e. The highest BCUT2D eigenvalue weighted by Gasteiger charge is 2.12. The Morgan fingerprint density at radius 1 is 1.30 bits per heavy atom. The van der Waals surface area contributed by atoms with Crippen molar-refractivity contribution in [2.75, 3.05) is 5.32 Å². The SMILES string of the molecule is Cc1csc(C(=O)Nc2nnc(SCc3ccc(F)cc3)s2)c1. The molecule has 23 heavy (non-hydrogen) atoms. The van der Waals surface area contributed by atoms with Crippen LogP contribution in [-0.2, 0) is 5.75 Å². The van der Waals surface area contributed by atoms with Crippen LogP contribution in [0.25, 0.3) is 0 Å². The Morgan fingerprint density at radius 3 is 2.78 bits per heavy atom. The van der Waals surface area contributed by atoms with E-state index in [0.717, 1.165) is 15.5 Å². The fourth-order valence-electron chi connectivity index (χ4n) is 1.75. The third-order valence-corrected chi connectivity index (χ3v) is 5.95. The summed E-state index contributed by atoms with van der Waals surface area (Å²) in [7, 11) is 0. The molecule has 3 rings (SSSR count). The number of aromatic nitrogens is 2. The van der Waals surface area contributed by atoms with E-state index in [9.17, 15) is 9.18 Å². The lowest BCUT2D eigenvalue weighted by Gasteiger charge is -1.98. The lowest BCUT2D eigenvalue weighted by Crippen LogP contribution is -2.09. The summed E-state index contributed by atoms with van der Waals surface area (Å²) in [6, 6.07) is 8.19. The molecule has 0 radical (unpaired) electrons. The van der Waals surface area contributed by atoms with Gasteiger partial charge in [0, 0.05) is 5.75 Å². The first kappa shape index (κ1) is 16.1. The van der Waals surface area contributed by atoms with Crippen LogP contribution in [-0.4, -0.2) is 16.1 Å². The summed E-state index contributed by atoms with van der Waals surface area (Å²) in [5.41, 5.74) is 2.07. The van der Waals surface area contributed by atoms with E-state index in [1.807, 2.05) is 18.4 Å². The topological polar surface area (TPSA) is 54.9 Å². The van der Waals surface area contributed by atoms with Crippen molar-refractivity contribution in [2.45, 2.75) is 17.0 Å². The zero-order valence-corrected chi connectivity index (χ0v) is 14.5. The number of halogens is 1. The number of amides is 1. The van der Waals surface area contributed by atoms with Crippen LogP contribution in [0.3, 0.4) is 0 Å². The van der Waals surface area contributed by atoms with Crippen molar-refractivity contribution in [1.82, 2.24) is 10.2 Å². The van der Waals surface area contributed by atoms with Gasteiger partial charge in [0.1, 0.15) is 5.82 Å². The number of thioether (sulfide) groups is 1. The zero-order chi connectivity index (χ0) is 16.2. The van der Waals surface area contributed by atoms with E-state index in [-0.39, 0.29) is 11.7 Å². The number of anilines is 1. The second-order valence-corrected chi connectivity index (χ2v) is 7.84. The monoisotopic (exact) mass is 365 g/mol. The molecule has 1 amide bonds. The van der Waals surface area contributed by atoms with E-state index in [1.165, 1.54) is 46.6 Å². The third kappa shape index (κ3) is 4.37. The molecule has 0 saturated heterocycles. The molecular weight excluding hydrogens is 353 g/mol. The van der Waals surface area contributed by atoms with E-state index in [1.54, 1.807) is 12.1 Å². The minimum Gasteiger partial charge on any atom is -0.296 e. The Balaban J connectivity index is 1.57. The highest BCUT2D eigenvalue weighted by Crippen LogP contribution is 2.28. The van der Waals surface area contributed by atoms with E-state index in [2.05, 4.69) is 15.5 Å². The molecular formula is C15H12FN3OS3. The van der Waals surface area contributed by atoms with Crippen LogP contribution < -0.4 is 5.32 Å². The van der Waals surface area contributed by atoms with Gasteiger partial charge in [0.05, 0.1) is 4.88 Å². The molecule has 0 unspecified atom stereocenters. The molecule has 1 N–H and O–H groups in total. The zero-order valence-electron chi connectivity index (χ0n) is 12.1. The summed E-state index contributed by atoms with van der Waals surface area (Å²) in [5, 5.41) is 13.2. The number of nitrogens with zero attached hydrogens (tertiary/aromatic N) is 2. The Bertz CT molecular complexity index is 813. The molecule has 8 heteroatoms. The second-order valence-electron chi connectivity index (χ2n) is 4.73. The van der Waals surface area contributed by atoms with Gasteiger partial charge in [-0.1, -0.05) is 35.2 Å². The standard InChI is InChI=1S/C15H12FN3OS3/c1-9-6-12(21-7-9)13(20)17-14-18-19-15(23-14)22-8-10-2-4-11(16)5-3-10/h2-7H,8H2,1H3,(H,17,18,20). The number of hydrogen-bond donors (Lipinski definition) is 1. The van der Waals surface area contributed by atoms with Gasteiger partial charge in [0.15, 0.2) is 4.34 Å². The van der Waals surface area contributed by atoms with Crippen LogP contribution in [0.4, 0.5) is 9.52 Å². The highest BCUT2D eigenvalue weighted by atomic mass is 32.2. The maximum atomic E-state index is 12.8. The van der Waals surface area contributed by atoms with E-state index >= 15 is 0 Å². The second kappa shape index (κ2) is 7.20. The van der Waals surface area contributed by atoms with Gasteiger partial charge in [-0.3, -0.25) is 10.1 Å². The predicted octanol–water partition coefficient (Wildman–Crippen LogP) is 4.59. The number of carbonyl (C=O) groups is 1. The van der Waals surface area contributed by atoms with Crippen LogP contribution in [0.5, 0.6) is 0 Å². The Kier molecular flexibility index (Phi) is 5.04. The quantitative estimate of drug-likeness (QED) is 0.531. The Labute approximate surface area is 144 Å². The maximum absolute atomic E-state index is 12.8. The van der Waals surface area contributed by atoms with Gasteiger partial charge in [-0.05, 0) is 41.6 Å². The minimum absolute atomic E-state index is 0.172. The minimum atomic E-state index is -0.247. The first-order chi connectivity index (χ1) is 11.1. The molecule has 2 aromatic heterocycles. The van der Waals surface area contributed by atoms with Gasteiger partial charge in [0.2, 0.25) is 5.13 Å². The number of aryl methyl sites for hydroxylation is 1. The normalized spacial score (nSPS) is 10.7. The molecule has 4 nitrogen and oxygen atoms in total. The summed E-state index contributed by atoms with van der Waals surface area (Å²) in [6.45, 7) is 1.95. The van der Waals surface area contributed by atoms with Crippen LogP contribution in [0.15, 0.2) is 40.1 Å². The molecule has 1 aromatic carbocycles. The average Bonchev–Trinajstić information content (AvgIpc) is 3.16. The molecule has 0 saturated carbocycles. The number of rotatable bonds is 5. The molecule has 0 spiro atoms. The van der Waals surface area contributed by atoms with Gasteiger partial charge >= 0.3 is 0 Å². The van der Waals surface area contributed by atoms with E-state index < -0.39 is 0 Å². The van der Waals surface area contributed by atoms with Crippen molar-refractivity contribution in [3.63, 3.8) is 0 Å². The van der Waals surface area contributed by atoms with Crippen molar-refractivity contribution in [3.05, 3.63) is 57.5 Å². The molecule has 0 aliphatic heterocycles. The predicted molar refractivity (Wildman–Crippen MR) is 92.9 cm³/mol. The molecule has 0 aliphatic rings. The number of carbonyl (C=O) groups excluding carboxylic acids is 1. The van der Waals surface area contributed by atoms with E-state index in [4.69, 9.17) is 0 Å². The molecule has 0 aliphatic carbocycles. The molecule has 3 aromatic rings. The summed E-state index contributed by atoms with van der Waals surface area (Å²) >= 11 is 4.23. The molecule has 118 valence electrons. The van der Waals surface area contributed by atoms with Crippen molar-refractivity contribution in [1.29, 1.82) is 0 Å². The van der Waals surface area contributed by atoms with Gasteiger partial charge in [-0.2, -0.15) is 0 Å². The Hall–Kier alpha value is -1.77.